The van der Waals surface area contributed by atoms with Crippen molar-refractivity contribution in [2.75, 3.05) is 33.2 Å². The van der Waals surface area contributed by atoms with Gasteiger partial charge in [0.25, 0.3) is 5.91 Å². The molecule has 2 aromatic heterocycles. The highest BCUT2D eigenvalue weighted by molar-refractivity contribution is 7.18. The average molecular weight is 544 g/mol. The van der Waals surface area contributed by atoms with E-state index in [2.05, 4.69) is 25.1 Å². The number of ether oxygens (including phenoxy) is 1. The highest BCUT2D eigenvalue weighted by Gasteiger charge is 2.29. The van der Waals surface area contributed by atoms with Gasteiger partial charge in [-0.1, -0.05) is 11.6 Å². The summed E-state index contributed by atoms with van der Waals surface area (Å²) in [5.41, 5.74) is 0.792. The van der Waals surface area contributed by atoms with Gasteiger partial charge in [-0.3, -0.25) is 14.7 Å². The van der Waals surface area contributed by atoms with Crippen molar-refractivity contribution in [3.8, 4) is 5.75 Å². The largest absolute Gasteiger partial charge is 0.483 e. The zero-order chi connectivity index (χ0) is 25.9. The molecule has 1 saturated heterocycles. The first-order valence-corrected chi connectivity index (χ1v) is 12.9. The molecule has 0 spiro atoms. The molecule has 37 heavy (non-hydrogen) atoms. The first kappa shape index (κ1) is 25.5. The molecule has 7 nitrogen and oxygen atoms in total. The molecule has 1 unspecified atom stereocenters. The second kappa shape index (κ2) is 11.1. The van der Waals surface area contributed by atoms with Gasteiger partial charge in [0.2, 0.25) is 0 Å². The number of hydrogen-bond donors (Lipinski definition) is 1. The number of nitrogens with one attached hydrogen (secondary N) is 1. The van der Waals surface area contributed by atoms with Crippen molar-refractivity contribution in [3.63, 3.8) is 0 Å². The fourth-order valence-electron chi connectivity index (χ4n) is 4.21. The van der Waals surface area contributed by atoms with E-state index < -0.39 is 29.3 Å². The minimum atomic E-state index is -1.06. The minimum Gasteiger partial charge on any atom is -0.483 e. The first-order chi connectivity index (χ1) is 17.9. The van der Waals surface area contributed by atoms with E-state index in [-0.39, 0.29) is 12.4 Å². The molecule has 1 aliphatic rings. The van der Waals surface area contributed by atoms with Crippen LogP contribution in [-0.4, -0.2) is 58.9 Å². The second-order valence-corrected chi connectivity index (χ2v) is 10.3. The lowest BCUT2D eigenvalue weighted by Gasteiger charge is -2.38. The number of pyridine rings is 1. The van der Waals surface area contributed by atoms with Gasteiger partial charge < -0.3 is 15.0 Å². The molecule has 1 atom stereocenters. The number of amides is 1. The number of aromatic nitrogens is 2. The third-order valence-corrected chi connectivity index (χ3v) is 7.47. The molecule has 0 saturated carbocycles. The second-order valence-electron chi connectivity index (χ2n) is 8.74. The molecule has 0 aliphatic carbocycles. The molecule has 1 amide bonds. The summed E-state index contributed by atoms with van der Waals surface area (Å²) in [6, 6.07) is 11.1. The Labute approximate surface area is 221 Å². The van der Waals surface area contributed by atoms with Crippen molar-refractivity contribution in [3.05, 3.63) is 87.6 Å². The van der Waals surface area contributed by atoms with Crippen LogP contribution >= 0.6 is 22.9 Å². The number of rotatable bonds is 7. The number of halogens is 3. The lowest BCUT2D eigenvalue weighted by atomic mass is 10.1. The fraction of sp³-hybridized carbons (Fsp3) is 0.269. The van der Waals surface area contributed by atoms with Crippen LogP contribution in [0.1, 0.15) is 27.1 Å². The van der Waals surface area contributed by atoms with Crippen LogP contribution in [0.15, 0.2) is 54.9 Å². The maximum Gasteiger partial charge on any atom is 0.258 e. The Hall–Kier alpha value is -3.18. The van der Waals surface area contributed by atoms with Crippen LogP contribution in [0.25, 0.3) is 10.2 Å². The third-order valence-electron chi connectivity index (χ3n) is 6.22. The van der Waals surface area contributed by atoms with Gasteiger partial charge in [-0.25, -0.2) is 13.8 Å². The Bertz CT molecular complexity index is 1410. The van der Waals surface area contributed by atoms with E-state index in [9.17, 15) is 9.18 Å². The van der Waals surface area contributed by atoms with Gasteiger partial charge in [-0.05, 0) is 55.1 Å². The fourth-order valence-corrected chi connectivity index (χ4v) is 5.24. The van der Waals surface area contributed by atoms with Crippen LogP contribution in [0.5, 0.6) is 5.75 Å². The summed E-state index contributed by atoms with van der Waals surface area (Å²) in [4.78, 5) is 26.0. The van der Waals surface area contributed by atoms with E-state index in [0.717, 1.165) is 29.4 Å². The highest BCUT2D eigenvalue weighted by atomic mass is 35.5. The van der Waals surface area contributed by atoms with Crippen LogP contribution in [0.3, 0.4) is 0 Å². The number of benzene rings is 2. The van der Waals surface area contributed by atoms with Crippen molar-refractivity contribution in [2.45, 2.75) is 12.8 Å². The smallest absolute Gasteiger partial charge is 0.258 e. The van der Waals surface area contributed by atoms with Crippen LogP contribution in [0.2, 0.25) is 5.02 Å². The molecule has 4 aromatic rings. The number of thiazole rings is 1. The summed E-state index contributed by atoms with van der Waals surface area (Å²) in [6.07, 6.45) is 2.67. The van der Waals surface area contributed by atoms with Crippen molar-refractivity contribution in [2.24, 2.45) is 0 Å². The van der Waals surface area contributed by atoms with Crippen molar-refractivity contribution < 1.29 is 18.3 Å². The number of nitrogens with zero attached hydrogens (tertiary/aromatic N) is 4. The summed E-state index contributed by atoms with van der Waals surface area (Å²) >= 11 is 7.40. The van der Waals surface area contributed by atoms with Crippen LogP contribution in [0.4, 0.5) is 8.78 Å². The lowest BCUT2D eigenvalue weighted by molar-refractivity contribution is 0.0712. The summed E-state index contributed by atoms with van der Waals surface area (Å²) in [6.45, 7) is 2.95. The number of piperazine rings is 1. The molecule has 2 aromatic carbocycles. The van der Waals surface area contributed by atoms with Gasteiger partial charge in [0, 0.05) is 43.6 Å². The van der Waals surface area contributed by atoms with Gasteiger partial charge in [0.05, 0.1) is 10.2 Å². The summed E-state index contributed by atoms with van der Waals surface area (Å²) in [5, 5.41) is 3.98. The molecule has 0 radical (unpaired) electrons. The Kier molecular flexibility index (Phi) is 7.61. The molecule has 192 valence electrons. The lowest BCUT2D eigenvalue weighted by Crippen LogP contribution is -2.50. The van der Waals surface area contributed by atoms with E-state index in [4.69, 9.17) is 16.3 Å². The predicted octanol–water partition coefficient (Wildman–Crippen LogP) is 4.88. The van der Waals surface area contributed by atoms with E-state index in [1.165, 1.54) is 17.4 Å². The van der Waals surface area contributed by atoms with Crippen LogP contribution in [-0.2, 0) is 6.61 Å². The minimum absolute atomic E-state index is 0.0402. The Morgan fingerprint density at radius 3 is 2.65 bits per heavy atom. The number of carbonyl (C=O) groups excluding carboxylic acids is 1. The Morgan fingerprint density at radius 2 is 1.89 bits per heavy atom. The Morgan fingerprint density at radius 1 is 1.14 bits per heavy atom. The van der Waals surface area contributed by atoms with Crippen LogP contribution < -0.4 is 10.1 Å². The number of likely N-dealkylation sites (N-methyl/N-ethyl adjacent to an activating group) is 1. The zero-order valence-corrected chi connectivity index (χ0v) is 21.5. The maximum atomic E-state index is 15.4. The molecular weight excluding hydrogens is 520 g/mol. The van der Waals surface area contributed by atoms with E-state index in [0.29, 0.717) is 28.6 Å². The van der Waals surface area contributed by atoms with Crippen molar-refractivity contribution in [1.82, 2.24) is 25.1 Å². The Balaban J connectivity index is 1.36. The van der Waals surface area contributed by atoms with Gasteiger partial charge >= 0.3 is 0 Å². The molecule has 11 heteroatoms. The van der Waals surface area contributed by atoms with Crippen molar-refractivity contribution in [1.29, 1.82) is 0 Å². The zero-order valence-electron chi connectivity index (χ0n) is 20.0. The SMILES string of the molecule is CN1CCN(C(NC(=O)c2c(F)ccc(OCc3nc4cc(Cl)ccc4s3)c2F)c2ccncc2)CC1. The maximum absolute atomic E-state index is 15.4. The molecule has 1 N–H and O–H groups in total. The summed E-state index contributed by atoms with van der Waals surface area (Å²) in [7, 11) is 2.02. The molecule has 5 rings (SSSR count). The van der Waals surface area contributed by atoms with Gasteiger partial charge in [0.1, 0.15) is 29.2 Å². The van der Waals surface area contributed by atoms with Gasteiger partial charge in [-0.15, -0.1) is 11.3 Å². The average Bonchev–Trinajstić information content (AvgIpc) is 3.30. The van der Waals surface area contributed by atoms with Crippen molar-refractivity contribution >= 4 is 39.1 Å². The monoisotopic (exact) mass is 543 g/mol. The summed E-state index contributed by atoms with van der Waals surface area (Å²) < 4.78 is 36.7. The van der Waals surface area contributed by atoms with Gasteiger partial charge in [-0.2, -0.15) is 0 Å². The van der Waals surface area contributed by atoms with E-state index in [1.807, 2.05) is 13.1 Å². The molecular formula is C26H24ClF2N5O2S. The predicted molar refractivity (Wildman–Crippen MR) is 139 cm³/mol. The summed E-state index contributed by atoms with van der Waals surface area (Å²) in [5.74, 6) is -3.13. The highest BCUT2D eigenvalue weighted by Crippen LogP contribution is 2.29. The molecule has 0 bridgehead atoms. The van der Waals surface area contributed by atoms with E-state index >= 15 is 4.39 Å². The quantitative estimate of drug-likeness (QED) is 0.358. The number of hydrogen-bond acceptors (Lipinski definition) is 7. The number of fused-ring (bicyclic) bond motifs is 1. The first-order valence-electron chi connectivity index (χ1n) is 11.7. The number of carbonyl (C=O) groups is 1. The van der Waals surface area contributed by atoms with Gasteiger partial charge in [0.15, 0.2) is 11.6 Å². The topological polar surface area (TPSA) is 70.6 Å². The van der Waals surface area contributed by atoms with Crippen LogP contribution in [0, 0.1) is 11.6 Å². The standard InChI is InChI=1S/C26H24ClF2N5O2S/c1-33-10-12-34(13-11-33)25(16-6-8-30-9-7-16)32-26(35)23-18(28)3-4-20(24(23)29)36-15-22-31-19-14-17(27)2-5-21(19)37-22/h2-9,14,25H,10-13,15H2,1H3,(H,32,35). The molecule has 1 fully saturated rings. The molecule has 1 aliphatic heterocycles. The molecule has 3 heterocycles. The van der Waals surface area contributed by atoms with E-state index in [1.54, 1.807) is 36.7 Å². The normalized spacial score (nSPS) is 15.6. The third kappa shape index (κ3) is 5.72.